The highest BCUT2D eigenvalue weighted by Crippen LogP contribution is 2.39. The first-order chi connectivity index (χ1) is 4.79. The number of fused-ring (bicyclic) bond motifs is 1. The standard InChI is InChI=1S/C7H11IO2/c8-5-3-6(9)4-1-2-10-7(4)5/h4-7,9H,1-3H2. The first-order valence-corrected chi connectivity index (χ1v) is 4.97. The fourth-order valence-corrected chi connectivity index (χ4v) is 3.21. The summed E-state index contributed by atoms with van der Waals surface area (Å²) in [4.78, 5) is 0. The number of hydrogen-bond donors (Lipinski definition) is 1. The van der Waals surface area contributed by atoms with E-state index < -0.39 is 0 Å². The minimum absolute atomic E-state index is 0.0885. The molecule has 0 aromatic rings. The Balaban J connectivity index is 2.11. The average Bonchev–Trinajstić information content (AvgIpc) is 2.39. The lowest BCUT2D eigenvalue weighted by Gasteiger charge is -2.11. The molecule has 4 atom stereocenters. The third-order valence-electron chi connectivity index (χ3n) is 2.50. The van der Waals surface area contributed by atoms with Gasteiger partial charge in [-0.1, -0.05) is 22.6 Å². The van der Waals surface area contributed by atoms with Crippen LogP contribution in [0.2, 0.25) is 0 Å². The van der Waals surface area contributed by atoms with Crippen molar-refractivity contribution in [3.63, 3.8) is 0 Å². The van der Waals surface area contributed by atoms with Crippen molar-refractivity contribution in [2.75, 3.05) is 6.61 Å². The molecule has 1 saturated carbocycles. The van der Waals surface area contributed by atoms with Gasteiger partial charge in [0.15, 0.2) is 0 Å². The van der Waals surface area contributed by atoms with E-state index in [0.29, 0.717) is 15.9 Å². The monoisotopic (exact) mass is 254 g/mol. The zero-order valence-corrected chi connectivity index (χ0v) is 7.82. The lowest BCUT2D eigenvalue weighted by molar-refractivity contribution is 0.0862. The maximum Gasteiger partial charge on any atom is 0.0747 e. The summed E-state index contributed by atoms with van der Waals surface area (Å²) in [6, 6.07) is 0. The van der Waals surface area contributed by atoms with Crippen LogP contribution in [0.3, 0.4) is 0 Å². The summed E-state index contributed by atoms with van der Waals surface area (Å²) in [6.07, 6.45) is 2.26. The van der Waals surface area contributed by atoms with Crippen molar-refractivity contribution >= 4 is 22.6 Å². The summed E-state index contributed by atoms with van der Waals surface area (Å²) < 4.78 is 6.03. The molecule has 58 valence electrons. The van der Waals surface area contributed by atoms with Crippen LogP contribution < -0.4 is 0 Å². The molecule has 4 unspecified atom stereocenters. The minimum Gasteiger partial charge on any atom is -0.393 e. The van der Waals surface area contributed by atoms with Gasteiger partial charge in [-0.15, -0.1) is 0 Å². The minimum atomic E-state index is -0.0885. The smallest absolute Gasteiger partial charge is 0.0747 e. The van der Waals surface area contributed by atoms with Crippen LogP contribution in [0.4, 0.5) is 0 Å². The summed E-state index contributed by atoms with van der Waals surface area (Å²) in [6.45, 7) is 0.853. The zero-order chi connectivity index (χ0) is 7.14. The predicted octanol–water partition coefficient (Wildman–Crippen LogP) is 0.960. The van der Waals surface area contributed by atoms with Crippen LogP contribution in [0, 0.1) is 5.92 Å². The van der Waals surface area contributed by atoms with Gasteiger partial charge in [-0.2, -0.15) is 0 Å². The summed E-state index contributed by atoms with van der Waals surface area (Å²) in [5.74, 6) is 0.446. The number of rotatable bonds is 0. The van der Waals surface area contributed by atoms with Crippen molar-refractivity contribution in [3.05, 3.63) is 0 Å². The molecule has 0 bridgehead atoms. The Bertz CT molecular complexity index is 126. The predicted molar refractivity (Wildman–Crippen MR) is 46.3 cm³/mol. The molecule has 1 N–H and O–H groups in total. The van der Waals surface area contributed by atoms with Crippen LogP contribution >= 0.6 is 22.6 Å². The quantitative estimate of drug-likeness (QED) is 0.515. The molecule has 1 heterocycles. The Morgan fingerprint density at radius 3 is 3.00 bits per heavy atom. The highest BCUT2D eigenvalue weighted by atomic mass is 127. The van der Waals surface area contributed by atoms with E-state index in [0.717, 1.165) is 19.4 Å². The van der Waals surface area contributed by atoms with Crippen molar-refractivity contribution in [2.24, 2.45) is 5.92 Å². The Kier molecular flexibility index (Phi) is 1.90. The lowest BCUT2D eigenvalue weighted by Crippen LogP contribution is -2.20. The molecule has 0 aromatic carbocycles. The number of hydrogen-bond acceptors (Lipinski definition) is 2. The van der Waals surface area contributed by atoms with E-state index in [1.807, 2.05) is 0 Å². The molecule has 1 aliphatic heterocycles. The van der Waals surface area contributed by atoms with E-state index in [1.54, 1.807) is 0 Å². The molecule has 0 spiro atoms. The Labute approximate surface area is 74.1 Å². The molecule has 2 aliphatic rings. The maximum atomic E-state index is 9.48. The van der Waals surface area contributed by atoms with Crippen LogP contribution in [-0.4, -0.2) is 27.8 Å². The summed E-state index contributed by atoms with van der Waals surface area (Å²) in [5, 5.41) is 9.48. The van der Waals surface area contributed by atoms with Crippen molar-refractivity contribution in [3.8, 4) is 0 Å². The second-order valence-electron chi connectivity index (χ2n) is 3.11. The normalized spacial score (nSPS) is 53.4. The van der Waals surface area contributed by atoms with Gasteiger partial charge >= 0.3 is 0 Å². The largest absolute Gasteiger partial charge is 0.393 e. The van der Waals surface area contributed by atoms with Crippen LogP contribution in [0.25, 0.3) is 0 Å². The molecule has 0 aromatic heterocycles. The third kappa shape index (κ3) is 0.987. The SMILES string of the molecule is OC1CC(I)C2OCCC12. The second-order valence-corrected chi connectivity index (χ2v) is 4.71. The fraction of sp³-hybridized carbons (Fsp3) is 1.00. The number of alkyl halides is 1. The number of aliphatic hydroxyl groups excluding tert-OH is 1. The molecule has 0 amide bonds. The van der Waals surface area contributed by atoms with E-state index in [9.17, 15) is 5.11 Å². The van der Waals surface area contributed by atoms with Crippen LogP contribution in [-0.2, 0) is 4.74 Å². The highest BCUT2D eigenvalue weighted by molar-refractivity contribution is 14.1. The van der Waals surface area contributed by atoms with Gasteiger partial charge in [0.2, 0.25) is 0 Å². The summed E-state index contributed by atoms with van der Waals surface area (Å²) >= 11 is 2.38. The van der Waals surface area contributed by atoms with Gasteiger partial charge in [-0.3, -0.25) is 0 Å². The van der Waals surface area contributed by atoms with E-state index >= 15 is 0 Å². The Hall–Kier alpha value is 0.650. The summed E-state index contributed by atoms with van der Waals surface area (Å²) in [7, 11) is 0. The number of ether oxygens (including phenoxy) is 1. The van der Waals surface area contributed by atoms with E-state index in [4.69, 9.17) is 4.74 Å². The maximum absolute atomic E-state index is 9.48. The van der Waals surface area contributed by atoms with Gasteiger partial charge in [0, 0.05) is 16.4 Å². The molecule has 10 heavy (non-hydrogen) atoms. The van der Waals surface area contributed by atoms with Gasteiger partial charge in [0.05, 0.1) is 12.2 Å². The highest BCUT2D eigenvalue weighted by Gasteiger charge is 2.44. The Morgan fingerprint density at radius 2 is 2.30 bits per heavy atom. The lowest BCUT2D eigenvalue weighted by atomic mass is 10.0. The van der Waals surface area contributed by atoms with Gasteiger partial charge in [0.1, 0.15) is 0 Å². The fourth-order valence-electron chi connectivity index (χ4n) is 1.95. The van der Waals surface area contributed by atoms with Crippen LogP contribution in [0.15, 0.2) is 0 Å². The Morgan fingerprint density at radius 1 is 1.50 bits per heavy atom. The first kappa shape index (κ1) is 7.31. The van der Waals surface area contributed by atoms with Crippen LogP contribution in [0.1, 0.15) is 12.8 Å². The average molecular weight is 254 g/mol. The van der Waals surface area contributed by atoms with Crippen molar-refractivity contribution < 1.29 is 9.84 Å². The first-order valence-electron chi connectivity index (χ1n) is 3.73. The molecule has 2 rings (SSSR count). The molecule has 1 saturated heterocycles. The molecule has 1 aliphatic carbocycles. The third-order valence-corrected chi connectivity index (χ3v) is 3.72. The molecule has 0 radical (unpaired) electrons. The van der Waals surface area contributed by atoms with Gasteiger partial charge < -0.3 is 9.84 Å². The molecule has 2 fully saturated rings. The van der Waals surface area contributed by atoms with Gasteiger partial charge in [-0.05, 0) is 12.8 Å². The molecule has 3 heteroatoms. The zero-order valence-electron chi connectivity index (χ0n) is 5.66. The number of aliphatic hydroxyl groups is 1. The number of halogens is 1. The molecular weight excluding hydrogens is 243 g/mol. The van der Waals surface area contributed by atoms with Gasteiger partial charge in [-0.25, -0.2) is 0 Å². The van der Waals surface area contributed by atoms with Crippen molar-refractivity contribution in [1.29, 1.82) is 0 Å². The summed E-state index contributed by atoms with van der Waals surface area (Å²) in [5.41, 5.74) is 0. The molecule has 2 nitrogen and oxygen atoms in total. The van der Waals surface area contributed by atoms with Crippen molar-refractivity contribution in [1.82, 2.24) is 0 Å². The second kappa shape index (κ2) is 2.60. The van der Waals surface area contributed by atoms with E-state index in [1.165, 1.54) is 0 Å². The molecular formula is C7H11IO2. The van der Waals surface area contributed by atoms with Crippen molar-refractivity contribution in [2.45, 2.75) is 29.0 Å². The van der Waals surface area contributed by atoms with Crippen LogP contribution in [0.5, 0.6) is 0 Å². The van der Waals surface area contributed by atoms with Gasteiger partial charge in [0.25, 0.3) is 0 Å². The topological polar surface area (TPSA) is 29.5 Å². The van der Waals surface area contributed by atoms with E-state index in [-0.39, 0.29) is 6.10 Å². The van der Waals surface area contributed by atoms with E-state index in [2.05, 4.69) is 22.6 Å².